The first-order chi connectivity index (χ1) is 13.0. The van der Waals surface area contributed by atoms with Crippen molar-refractivity contribution >= 4 is 23.4 Å². The van der Waals surface area contributed by atoms with E-state index in [4.69, 9.17) is 16.3 Å². The maximum atomic E-state index is 12.8. The summed E-state index contributed by atoms with van der Waals surface area (Å²) in [5.41, 5.74) is 0.948. The van der Waals surface area contributed by atoms with Crippen LogP contribution in [-0.4, -0.2) is 35.9 Å². The van der Waals surface area contributed by atoms with Gasteiger partial charge in [-0.3, -0.25) is 9.59 Å². The van der Waals surface area contributed by atoms with E-state index in [1.807, 2.05) is 37.3 Å². The number of nitrogens with one attached hydrogen (secondary N) is 1. The summed E-state index contributed by atoms with van der Waals surface area (Å²) in [6, 6.07) is 15.8. The summed E-state index contributed by atoms with van der Waals surface area (Å²) >= 11 is 5.94. The summed E-state index contributed by atoms with van der Waals surface area (Å²) in [6.45, 7) is 4.45. The van der Waals surface area contributed by atoms with Gasteiger partial charge in [0.2, 0.25) is 5.91 Å². The van der Waals surface area contributed by atoms with Gasteiger partial charge in [0.25, 0.3) is 5.91 Å². The molecule has 27 heavy (non-hydrogen) atoms. The molecule has 0 radical (unpaired) electrons. The van der Waals surface area contributed by atoms with E-state index >= 15 is 0 Å². The standard InChI is InChI=1S/C21H25ClN2O3/c1-3-12-23-21(26)16(2)24(14-17-8-5-4-6-9-17)20(25)15-27-19-11-7-10-18(22)13-19/h4-11,13,16H,3,12,14-15H2,1-2H3,(H,23,26). The molecule has 2 rings (SSSR count). The normalized spacial score (nSPS) is 11.5. The molecule has 0 aliphatic carbocycles. The zero-order valence-corrected chi connectivity index (χ0v) is 16.4. The Bertz CT molecular complexity index is 752. The third kappa shape index (κ3) is 6.61. The van der Waals surface area contributed by atoms with Crippen LogP contribution < -0.4 is 10.1 Å². The fourth-order valence-electron chi connectivity index (χ4n) is 2.54. The van der Waals surface area contributed by atoms with Gasteiger partial charge in [-0.2, -0.15) is 0 Å². The van der Waals surface area contributed by atoms with Gasteiger partial charge in [-0.15, -0.1) is 0 Å². The van der Waals surface area contributed by atoms with Crippen molar-refractivity contribution < 1.29 is 14.3 Å². The maximum Gasteiger partial charge on any atom is 0.261 e. The van der Waals surface area contributed by atoms with E-state index in [0.29, 0.717) is 23.9 Å². The van der Waals surface area contributed by atoms with E-state index < -0.39 is 6.04 Å². The Kier molecular flexibility index (Phi) is 8.14. The van der Waals surface area contributed by atoms with E-state index in [1.54, 1.807) is 31.2 Å². The van der Waals surface area contributed by atoms with Crippen LogP contribution in [-0.2, 0) is 16.1 Å². The minimum Gasteiger partial charge on any atom is -0.484 e. The molecular formula is C21H25ClN2O3. The lowest BCUT2D eigenvalue weighted by Crippen LogP contribution is -2.49. The predicted octanol–water partition coefficient (Wildman–Crippen LogP) is 3.66. The van der Waals surface area contributed by atoms with Gasteiger partial charge in [0, 0.05) is 18.1 Å². The van der Waals surface area contributed by atoms with Crippen molar-refractivity contribution in [3.63, 3.8) is 0 Å². The topological polar surface area (TPSA) is 58.6 Å². The Hall–Kier alpha value is -2.53. The van der Waals surface area contributed by atoms with Gasteiger partial charge in [0.1, 0.15) is 11.8 Å². The highest BCUT2D eigenvalue weighted by Gasteiger charge is 2.26. The summed E-state index contributed by atoms with van der Waals surface area (Å²) in [4.78, 5) is 26.7. The second-order valence-electron chi connectivity index (χ2n) is 6.22. The molecule has 0 bridgehead atoms. The monoisotopic (exact) mass is 388 g/mol. The lowest BCUT2D eigenvalue weighted by molar-refractivity contribution is -0.142. The second-order valence-corrected chi connectivity index (χ2v) is 6.66. The molecule has 2 aromatic rings. The number of halogens is 1. The van der Waals surface area contributed by atoms with Crippen molar-refractivity contribution in [3.8, 4) is 5.75 Å². The lowest BCUT2D eigenvalue weighted by atomic mass is 10.1. The molecule has 6 heteroatoms. The van der Waals surface area contributed by atoms with Gasteiger partial charge < -0.3 is 15.0 Å². The second kappa shape index (κ2) is 10.6. The molecule has 0 aromatic heterocycles. The molecule has 0 aliphatic heterocycles. The maximum absolute atomic E-state index is 12.8. The molecule has 1 unspecified atom stereocenters. The van der Waals surface area contributed by atoms with Crippen LogP contribution in [0.1, 0.15) is 25.8 Å². The van der Waals surface area contributed by atoms with E-state index in [0.717, 1.165) is 12.0 Å². The Morgan fingerprint density at radius 3 is 2.56 bits per heavy atom. The molecule has 0 saturated carbocycles. The molecule has 0 fully saturated rings. The zero-order valence-electron chi connectivity index (χ0n) is 15.7. The first kappa shape index (κ1) is 20.8. The van der Waals surface area contributed by atoms with Crippen LogP contribution in [0.4, 0.5) is 0 Å². The summed E-state index contributed by atoms with van der Waals surface area (Å²) in [6.07, 6.45) is 0.836. The average Bonchev–Trinajstić information content (AvgIpc) is 2.68. The number of hydrogen-bond acceptors (Lipinski definition) is 3. The van der Waals surface area contributed by atoms with Crippen LogP contribution >= 0.6 is 11.6 Å². The third-order valence-electron chi connectivity index (χ3n) is 4.07. The van der Waals surface area contributed by atoms with Crippen LogP contribution in [0.25, 0.3) is 0 Å². The van der Waals surface area contributed by atoms with Gasteiger partial charge in [0.05, 0.1) is 0 Å². The molecule has 5 nitrogen and oxygen atoms in total. The molecule has 1 atom stereocenters. The molecule has 0 aliphatic rings. The largest absolute Gasteiger partial charge is 0.484 e. The number of nitrogens with zero attached hydrogens (tertiary/aromatic N) is 1. The van der Waals surface area contributed by atoms with Crippen LogP contribution in [0.15, 0.2) is 54.6 Å². The van der Waals surface area contributed by atoms with Gasteiger partial charge in [-0.1, -0.05) is 54.9 Å². The number of hydrogen-bond donors (Lipinski definition) is 1. The van der Waals surface area contributed by atoms with Gasteiger partial charge >= 0.3 is 0 Å². The SMILES string of the molecule is CCCNC(=O)C(C)N(Cc1ccccc1)C(=O)COc1cccc(Cl)c1. The minimum atomic E-state index is -0.604. The highest BCUT2D eigenvalue weighted by Crippen LogP contribution is 2.17. The first-order valence-corrected chi connectivity index (χ1v) is 9.38. The first-order valence-electron chi connectivity index (χ1n) is 9.00. The van der Waals surface area contributed by atoms with Crippen molar-refractivity contribution in [2.75, 3.05) is 13.2 Å². The minimum absolute atomic E-state index is 0.168. The summed E-state index contributed by atoms with van der Waals surface area (Å²) < 4.78 is 5.57. The van der Waals surface area contributed by atoms with E-state index in [2.05, 4.69) is 5.32 Å². The van der Waals surface area contributed by atoms with Crippen LogP contribution in [0.5, 0.6) is 5.75 Å². The predicted molar refractivity (Wildman–Crippen MR) is 107 cm³/mol. The Morgan fingerprint density at radius 1 is 1.15 bits per heavy atom. The number of carbonyl (C=O) groups is 2. The quantitative estimate of drug-likeness (QED) is 0.713. The highest BCUT2D eigenvalue weighted by molar-refractivity contribution is 6.30. The van der Waals surface area contributed by atoms with Crippen molar-refractivity contribution in [2.24, 2.45) is 0 Å². The van der Waals surface area contributed by atoms with Crippen LogP contribution in [0.2, 0.25) is 5.02 Å². The summed E-state index contributed by atoms with van der Waals surface area (Å²) in [7, 11) is 0. The van der Waals surface area contributed by atoms with Crippen molar-refractivity contribution in [1.29, 1.82) is 0 Å². The fourth-order valence-corrected chi connectivity index (χ4v) is 2.72. The van der Waals surface area contributed by atoms with E-state index in [-0.39, 0.29) is 18.4 Å². The molecule has 2 amide bonds. The lowest BCUT2D eigenvalue weighted by Gasteiger charge is -2.28. The van der Waals surface area contributed by atoms with Gasteiger partial charge in [-0.05, 0) is 37.1 Å². The molecular weight excluding hydrogens is 364 g/mol. The number of benzene rings is 2. The average molecular weight is 389 g/mol. The molecule has 1 N–H and O–H groups in total. The molecule has 2 aromatic carbocycles. The Morgan fingerprint density at radius 2 is 1.89 bits per heavy atom. The van der Waals surface area contributed by atoms with Crippen LogP contribution in [0.3, 0.4) is 0 Å². The van der Waals surface area contributed by atoms with E-state index in [9.17, 15) is 9.59 Å². The molecule has 144 valence electrons. The smallest absolute Gasteiger partial charge is 0.261 e. The molecule has 0 heterocycles. The summed E-state index contributed by atoms with van der Waals surface area (Å²) in [5, 5.41) is 3.38. The van der Waals surface area contributed by atoms with Gasteiger partial charge in [-0.25, -0.2) is 0 Å². The number of ether oxygens (including phenoxy) is 1. The van der Waals surface area contributed by atoms with E-state index in [1.165, 1.54) is 4.90 Å². The highest BCUT2D eigenvalue weighted by atomic mass is 35.5. The number of rotatable bonds is 9. The molecule has 0 spiro atoms. The Labute approximate surface area is 165 Å². The summed E-state index contributed by atoms with van der Waals surface area (Å²) in [5.74, 6) is 0.0699. The van der Waals surface area contributed by atoms with Crippen molar-refractivity contribution in [2.45, 2.75) is 32.9 Å². The third-order valence-corrected chi connectivity index (χ3v) is 4.31. The fraction of sp³-hybridized carbons (Fsp3) is 0.333. The molecule has 0 saturated heterocycles. The van der Waals surface area contributed by atoms with Crippen LogP contribution in [0, 0.1) is 0 Å². The van der Waals surface area contributed by atoms with Crippen molar-refractivity contribution in [3.05, 3.63) is 65.2 Å². The number of amides is 2. The number of carbonyl (C=O) groups excluding carboxylic acids is 2. The van der Waals surface area contributed by atoms with Gasteiger partial charge in [0.15, 0.2) is 6.61 Å². The van der Waals surface area contributed by atoms with Crippen molar-refractivity contribution in [1.82, 2.24) is 10.2 Å². The zero-order chi connectivity index (χ0) is 19.6. The Balaban J connectivity index is 2.09.